The van der Waals surface area contributed by atoms with E-state index in [4.69, 9.17) is 0 Å². The molecular weight excluding hydrogens is 396 g/mol. The normalized spacial score (nSPS) is 15.3. The number of piperazine rings is 1. The molecule has 0 unspecified atom stereocenters. The third-order valence-corrected chi connectivity index (χ3v) is 5.75. The van der Waals surface area contributed by atoms with Crippen molar-refractivity contribution in [2.75, 3.05) is 38.0 Å². The Morgan fingerprint density at radius 2 is 1.77 bits per heavy atom. The third kappa shape index (κ3) is 4.73. The predicted octanol–water partition coefficient (Wildman–Crippen LogP) is 2.78. The van der Waals surface area contributed by atoms with Crippen molar-refractivity contribution < 1.29 is 9.72 Å². The molecule has 0 saturated carbocycles. The van der Waals surface area contributed by atoms with Gasteiger partial charge in [-0.3, -0.25) is 29.4 Å². The van der Waals surface area contributed by atoms with Crippen molar-refractivity contribution in [3.63, 3.8) is 0 Å². The van der Waals surface area contributed by atoms with Crippen molar-refractivity contribution in [2.24, 2.45) is 0 Å². The fourth-order valence-electron chi connectivity index (χ4n) is 3.96. The molecule has 1 saturated heterocycles. The number of nitrogens with one attached hydrogen (secondary N) is 1. The van der Waals surface area contributed by atoms with Crippen molar-refractivity contribution >= 4 is 28.2 Å². The summed E-state index contributed by atoms with van der Waals surface area (Å²) in [6.07, 6.45) is 1.73. The van der Waals surface area contributed by atoms with Gasteiger partial charge in [-0.1, -0.05) is 18.2 Å². The molecule has 0 aliphatic carbocycles. The maximum absolute atomic E-state index is 12.5. The first-order valence-electron chi connectivity index (χ1n) is 10.3. The number of nitro benzene ring substituents is 1. The number of benzene rings is 2. The van der Waals surface area contributed by atoms with Crippen LogP contribution in [-0.4, -0.2) is 63.1 Å². The Labute approximate surface area is 180 Å². The molecule has 31 heavy (non-hydrogen) atoms. The molecule has 1 N–H and O–H groups in total. The van der Waals surface area contributed by atoms with Gasteiger partial charge in [0.25, 0.3) is 5.69 Å². The molecule has 9 nitrogen and oxygen atoms in total. The highest BCUT2D eigenvalue weighted by molar-refractivity contribution is 5.93. The summed E-state index contributed by atoms with van der Waals surface area (Å²) in [5.74, 6) is -0.00349. The summed E-state index contributed by atoms with van der Waals surface area (Å²) in [6, 6.07) is 10.8. The molecule has 2 heterocycles. The number of carbonyl (C=O) groups excluding carboxylic acids is 1. The minimum Gasteiger partial charge on any atom is -0.324 e. The van der Waals surface area contributed by atoms with Crippen LogP contribution in [0.15, 0.2) is 42.6 Å². The van der Waals surface area contributed by atoms with Gasteiger partial charge in [-0.05, 0) is 31.0 Å². The van der Waals surface area contributed by atoms with E-state index in [2.05, 4.69) is 20.2 Å². The zero-order valence-corrected chi connectivity index (χ0v) is 17.7. The van der Waals surface area contributed by atoms with E-state index >= 15 is 0 Å². The number of anilines is 1. The van der Waals surface area contributed by atoms with Crippen molar-refractivity contribution in [3.05, 3.63) is 63.8 Å². The summed E-state index contributed by atoms with van der Waals surface area (Å²) < 4.78 is 1.80. The van der Waals surface area contributed by atoms with Crippen molar-refractivity contribution in [1.29, 1.82) is 0 Å². The second kappa shape index (κ2) is 8.83. The van der Waals surface area contributed by atoms with Gasteiger partial charge in [0.2, 0.25) is 5.91 Å². The largest absolute Gasteiger partial charge is 0.324 e. The van der Waals surface area contributed by atoms with Gasteiger partial charge < -0.3 is 5.32 Å². The molecule has 0 atom stereocenters. The number of rotatable bonds is 6. The molecule has 9 heteroatoms. The average Bonchev–Trinajstić information content (AvgIpc) is 3.14. The van der Waals surface area contributed by atoms with Gasteiger partial charge >= 0.3 is 0 Å². The third-order valence-electron chi connectivity index (χ3n) is 5.75. The van der Waals surface area contributed by atoms with E-state index in [-0.39, 0.29) is 16.5 Å². The van der Waals surface area contributed by atoms with Crippen LogP contribution in [0, 0.1) is 24.0 Å². The first kappa shape index (κ1) is 21.0. The fourth-order valence-corrected chi connectivity index (χ4v) is 3.96. The number of nitro groups is 1. The van der Waals surface area contributed by atoms with Gasteiger partial charge in [0.05, 0.1) is 29.9 Å². The lowest BCUT2D eigenvalue weighted by Gasteiger charge is -2.34. The number of non-ortho nitro benzene ring substituents is 1. The van der Waals surface area contributed by atoms with Crippen LogP contribution in [0.1, 0.15) is 11.1 Å². The summed E-state index contributed by atoms with van der Waals surface area (Å²) in [6.45, 7) is 8.06. The zero-order chi connectivity index (χ0) is 22.0. The van der Waals surface area contributed by atoms with Crippen LogP contribution < -0.4 is 5.32 Å². The Balaban J connectivity index is 1.32. The number of fused-ring (bicyclic) bond motifs is 1. The highest BCUT2D eigenvalue weighted by Crippen LogP contribution is 2.21. The quantitative estimate of drug-likeness (QED) is 0.485. The molecule has 162 valence electrons. The molecular formula is C22H26N6O3. The van der Waals surface area contributed by atoms with Gasteiger partial charge in [-0.25, -0.2) is 0 Å². The van der Waals surface area contributed by atoms with Crippen LogP contribution in [0.5, 0.6) is 0 Å². The molecule has 1 aliphatic heterocycles. The van der Waals surface area contributed by atoms with Crippen LogP contribution in [0.3, 0.4) is 0 Å². The van der Waals surface area contributed by atoms with Gasteiger partial charge in [0.1, 0.15) is 0 Å². The Bertz CT molecular complexity index is 1100. The van der Waals surface area contributed by atoms with Crippen molar-refractivity contribution in [3.8, 4) is 0 Å². The van der Waals surface area contributed by atoms with Crippen molar-refractivity contribution in [2.45, 2.75) is 20.5 Å². The first-order chi connectivity index (χ1) is 14.9. The molecule has 1 aromatic heterocycles. The number of aryl methyl sites for hydroxylation is 2. The Morgan fingerprint density at radius 3 is 2.45 bits per heavy atom. The van der Waals surface area contributed by atoms with Gasteiger partial charge in [0, 0.05) is 49.4 Å². The summed E-state index contributed by atoms with van der Waals surface area (Å²) in [4.78, 5) is 27.6. The highest BCUT2D eigenvalue weighted by atomic mass is 16.6. The van der Waals surface area contributed by atoms with E-state index in [0.717, 1.165) is 53.9 Å². The molecule has 2 aromatic carbocycles. The lowest BCUT2D eigenvalue weighted by molar-refractivity contribution is -0.384. The molecule has 1 fully saturated rings. The smallest absolute Gasteiger partial charge is 0.271 e. The minimum absolute atomic E-state index is 0.00349. The SMILES string of the molecule is Cc1cccc(C)c1NC(=O)CN1CCN(Cn2ncc3ccc([N+](=O)[O-])cc32)CC1. The lowest BCUT2D eigenvalue weighted by atomic mass is 10.1. The molecule has 4 rings (SSSR count). The Hall–Kier alpha value is -3.30. The van der Waals surface area contributed by atoms with Gasteiger partial charge in [-0.15, -0.1) is 0 Å². The number of carbonyl (C=O) groups is 1. The molecule has 3 aromatic rings. The predicted molar refractivity (Wildman–Crippen MR) is 119 cm³/mol. The second-order valence-corrected chi connectivity index (χ2v) is 7.99. The molecule has 1 amide bonds. The van der Waals surface area contributed by atoms with Crippen LogP contribution >= 0.6 is 0 Å². The van der Waals surface area contributed by atoms with Gasteiger partial charge in [-0.2, -0.15) is 5.10 Å². The Kier molecular flexibility index (Phi) is 5.97. The minimum atomic E-state index is -0.390. The number of nitrogens with zero attached hydrogens (tertiary/aromatic N) is 5. The molecule has 0 spiro atoms. The van der Waals surface area contributed by atoms with E-state index in [9.17, 15) is 14.9 Å². The zero-order valence-electron chi connectivity index (χ0n) is 17.7. The van der Waals surface area contributed by atoms with Crippen LogP contribution in [0.4, 0.5) is 11.4 Å². The van der Waals surface area contributed by atoms with E-state index < -0.39 is 0 Å². The average molecular weight is 422 g/mol. The van der Waals surface area contributed by atoms with Gasteiger partial charge in [0.15, 0.2) is 0 Å². The topological polar surface area (TPSA) is 96.5 Å². The maximum atomic E-state index is 12.5. The van der Waals surface area contributed by atoms with E-state index in [0.29, 0.717) is 13.2 Å². The standard InChI is InChI=1S/C22H26N6O3/c1-16-4-3-5-17(2)22(16)24-21(29)14-25-8-10-26(11-9-25)15-27-20-12-19(28(30)31)7-6-18(20)13-23-27/h3-7,12-13H,8-11,14-15H2,1-2H3,(H,24,29). The number of para-hydroxylation sites is 1. The second-order valence-electron chi connectivity index (χ2n) is 7.99. The summed E-state index contributed by atoms with van der Waals surface area (Å²) in [5.41, 5.74) is 3.83. The highest BCUT2D eigenvalue weighted by Gasteiger charge is 2.20. The Morgan fingerprint density at radius 1 is 1.10 bits per heavy atom. The van der Waals surface area contributed by atoms with E-state index in [1.54, 1.807) is 23.0 Å². The van der Waals surface area contributed by atoms with Crippen molar-refractivity contribution in [1.82, 2.24) is 19.6 Å². The number of hydrogen-bond donors (Lipinski definition) is 1. The number of aromatic nitrogens is 2. The summed E-state index contributed by atoms with van der Waals surface area (Å²) in [5, 5.41) is 19.4. The summed E-state index contributed by atoms with van der Waals surface area (Å²) in [7, 11) is 0. The van der Waals surface area contributed by atoms with Crippen LogP contribution in [0.2, 0.25) is 0 Å². The lowest BCUT2D eigenvalue weighted by Crippen LogP contribution is -2.49. The maximum Gasteiger partial charge on any atom is 0.271 e. The first-order valence-corrected chi connectivity index (χ1v) is 10.3. The molecule has 0 radical (unpaired) electrons. The monoisotopic (exact) mass is 422 g/mol. The van der Waals surface area contributed by atoms with E-state index in [1.807, 2.05) is 32.0 Å². The fraction of sp³-hybridized carbons (Fsp3) is 0.364. The molecule has 1 aliphatic rings. The molecule has 0 bridgehead atoms. The van der Waals surface area contributed by atoms with Crippen LogP contribution in [0.25, 0.3) is 10.9 Å². The number of amides is 1. The van der Waals surface area contributed by atoms with Crippen LogP contribution in [-0.2, 0) is 11.5 Å². The number of hydrogen-bond acceptors (Lipinski definition) is 6. The van der Waals surface area contributed by atoms with E-state index in [1.165, 1.54) is 6.07 Å². The summed E-state index contributed by atoms with van der Waals surface area (Å²) >= 11 is 0.